The Balaban J connectivity index is 1.63. The fourth-order valence-electron chi connectivity index (χ4n) is 2.41. The Hall–Kier alpha value is -2.12. The van der Waals surface area contributed by atoms with E-state index in [9.17, 15) is 0 Å². The molecule has 0 radical (unpaired) electrons. The molecule has 1 heterocycles. The SMILES string of the molecule is CCc1n[nH]c(=S)n1NCc1ccc(OCc2ccccc2)c(Br)c1. The van der Waals surface area contributed by atoms with Crippen LogP contribution in [0.4, 0.5) is 0 Å². The second kappa shape index (κ2) is 8.31. The smallest absolute Gasteiger partial charge is 0.214 e. The Bertz CT molecular complexity index is 892. The van der Waals surface area contributed by atoms with E-state index in [1.165, 1.54) is 0 Å². The van der Waals surface area contributed by atoms with Crippen molar-refractivity contribution in [2.45, 2.75) is 26.5 Å². The van der Waals surface area contributed by atoms with Gasteiger partial charge in [-0.3, -0.25) is 5.10 Å². The van der Waals surface area contributed by atoms with Crippen LogP contribution in [0.15, 0.2) is 53.0 Å². The Kier molecular flexibility index (Phi) is 5.88. The molecular formula is C18H19BrN4OS. The molecule has 0 atom stereocenters. The second-order valence-corrected chi connectivity index (χ2v) is 6.75. The van der Waals surface area contributed by atoms with Gasteiger partial charge in [0.05, 0.1) is 11.0 Å². The zero-order valence-electron chi connectivity index (χ0n) is 13.8. The van der Waals surface area contributed by atoms with E-state index >= 15 is 0 Å². The Morgan fingerprint density at radius 3 is 2.72 bits per heavy atom. The number of hydrogen-bond donors (Lipinski definition) is 2. The van der Waals surface area contributed by atoms with E-state index in [-0.39, 0.29) is 0 Å². The van der Waals surface area contributed by atoms with E-state index in [0.29, 0.717) is 17.9 Å². The minimum atomic E-state index is 0.543. The molecule has 0 saturated heterocycles. The van der Waals surface area contributed by atoms with Crippen LogP contribution >= 0.6 is 28.1 Å². The zero-order valence-corrected chi connectivity index (χ0v) is 16.2. The van der Waals surface area contributed by atoms with Crippen LogP contribution in [0.1, 0.15) is 23.9 Å². The van der Waals surface area contributed by atoms with Gasteiger partial charge in [0.1, 0.15) is 12.4 Å². The first-order valence-electron chi connectivity index (χ1n) is 8.02. The van der Waals surface area contributed by atoms with Crippen LogP contribution in [0, 0.1) is 4.77 Å². The molecule has 2 aromatic carbocycles. The fourth-order valence-corrected chi connectivity index (χ4v) is 3.16. The first-order valence-corrected chi connectivity index (χ1v) is 9.23. The molecule has 2 N–H and O–H groups in total. The number of hydrogen-bond acceptors (Lipinski definition) is 4. The highest BCUT2D eigenvalue weighted by atomic mass is 79.9. The number of nitrogens with one attached hydrogen (secondary N) is 2. The average Bonchev–Trinajstić information content (AvgIpc) is 3.00. The number of aryl methyl sites for hydroxylation is 1. The number of rotatable bonds is 7. The second-order valence-electron chi connectivity index (χ2n) is 5.51. The number of nitrogens with zero attached hydrogens (tertiary/aromatic N) is 2. The van der Waals surface area contributed by atoms with E-state index in [4.69, 9.17) is 17.0 Å². The van der Waals surface area contributed by atoms with Crippen molar-refractivity contribution in [3.63, 3.8) is 0 Å². The van der Waals surface area contributed by atoms with Crippen molar-refractivity contribution < 1.29 is 4.74 Å². The van der Waals surface area contributed by atoms with Crippen LogP contribution in [0.3, 0.4) is 0 Å². The Labute approximate surface area is 160 Å². The van der Waals surface area contributed by atoms with Crippen molar-refractivity contribution in [3.05, 3.63) is 74.7 Å². The quantitative estimate of drug-likeness (QED) is 0.550. The minimum Gasteiger partial charge on any atom is -0.488 e. The first-order chi connectivity index (χ1) is 12.2. The number of benzene rings is 2. The average molecular weight is 419 g/mol. The number of halogens is 1. The molecule has 0 unspecified atom stereocenters. The lowest BCUT2D eigenvalue weighted by Gasteiger charge is -2.12. The summed E-state index contributed by atoms with van der Waals surface area (Å²) >= 11 is 8.82. The summed E-state index contributed by atoms with van der Waals surface area (Å²) in [5.41, 5.74) is 5.55. The van der Waals surface area contributed by atoms with Crippen LogP contribution < -0.4 is 10.2 Å². The van der Waals surface area contributed by atoms with Gasteiger partial charge < -0.3 is 10.2 Å². The number of aromatic nitrogens is 3. The van der Waals surface area contributed by atoms with Gasteiger partial charge in [0.2, 0.25) is 4.77 Å². The number of aromatic amines is 1. The van der Waals surface area contributed by atoms with E-state index < -0.39 is 0 Å². The summed E-state index contributed by atoms with van der Waals surface area (Å²) in [4.78, 5) is 0. The monoisotopic (exact) mass is 418 g/mol. The van der Waals surface area contributed by atoms with Gasteiger partial charge in [-0.05, 0) is 51.4 Å². The summed E-state index contributed by atoms with van der Waals surface area (Å²) < 4.78 is 9.18. The fraction of sp³-hybridized carbons (Fsp3) is 0.222. The van der Waals surface area contributed by atoms with E-state index in [1.54, 1.807) is 0 Å². The summed E-state index contributed by atoms with van der Waals surface area (Å²) in [6.45, 7) is 3.22. The molecule has 3 rings (SSSR count). The van der Waals surface area contributed by atoms with Gasteiger partial charge in [-0.15, -0.1) is 0 Å². The van der Waals surface area contributed by atoms with Gasteiger partial charge in [0, 0.05) is 6.42 Å². The normalized spacial score (nSPS) is 10.6. The van der Waals surface area contributed by atoms with Gasteiger partial charge in [0.15, 0.2) is 5.82 Å². The molecular weight excluding hydrogens is 400 g/mol. The summed E-state index contributed by atoms with van der Waals surface area (Å²) in [7, 11) is 0. The maximum Gasteiger partial charge on any atom is 0.214 e. The van der Waals surface area contributed by atoms with E-state index in [0.717, 1.165) is 33.6 Å². The predicted molar refractivity (Wildman–Crippen MR) is 105 cm³/mol. The molecule has 3 aromatic rings. The molecule has 0 saturated carbocycles. The zero-order chi connectivity index (χ0) is 17.6. The number of ether oxygens (including phenoxy) is 1. The van der Waals surface area contributed by atoms with E-state index in [1.807, 2.05) is 60.1 Å². The lowest BCUT2D eigenvalue weighted by atomic mass is 10.2. The van der Waals surface area contributed by atoms with Crippen LogP contribution in [0.25, 0.3) is 0 Å². The predicted octanol–water partition coefficient (Wildman–Crippen LogP) is 4.59. The summed E-state index contributed by atoms with van der Waals surface area (Å²) in [6, 6.07) is 16.2. The maximum absolute atomic E-state index is 5.88. The van der Waals surface area contributed by atoms with Gasteiger partial charge in [-0.25, -0.2) is 4.68 Å². The van der Waals surface area contributed by atoms with Gasteiger partial charge >= 0.3 is 0 Å². The maximum atomic E-state index is 5.88. The molecule has 1 aromatic heterocycles. The summed E-state index contributed by atoms with van der Waals surface area (Å²) in [6.07, 6.45) is 0.802. The highest BCUT2D eigenvalue weighted by Crippen LogP contribution is 2.27. The van der Waals surface area contributed by atoms with Crippen molar-refractivity contribution in [1.29, 1.82) is 0 Å². The highest BCUT2D eigenvalue weighted by Gasteiger charge is 2.06. The van der Waals surface area contributed by atoms with Crippen LogP contribution in [0.2, 0.25) is 0 Å². The van der Waals surface area contributed by atoms with Crippen LogP contribution in [-0.4, -0.2) is 14.9 Å². The molecule has 7 heteroatoms. The molecule has 0 spiro atoms. The molecule has 0 amide bonds. The van der Waals surface area contributed by atoms with Gasteiger partial charge in [0.25, 0.3) is 0 Å². The van der Waals surface area contributed by atoms with E-state index in [2.05, 4.69) is 31.6 Å². The van der Waals surface area contributed by atoms with Gasteiger partial charge in [-0.1, -0.05) is 43.3 Å². The number of H-pyrrole nitrogens is 1. The minimum absolute atomic E-state index is 0.543. The van der Waals surface area contributed by atoms with Crippen molar-refractivity contribution in [3.8, 4) is 5.75 Å². The third-order valence-corrected chi connectivity index (χ3v) is 4.63. The van der Waals surface area contributed by atoms with Crippen molar-refractivity contribution in [1.82, 2.24) is 14.9 Å². The highest BCUT2D eigenvalue weighted by molar-refractivity contribution is 9.10. The Morgan fingerprint density at radius 1 is 1.20 bits per heavy atom. The van der Waals surface area contributed by atoms with Crippen LogP contribution in [0.5, 0.6) is 5.75 Å². The van der Waals surface area contributed by atoms with Crippen molar-refractivity contribution >= 4 is 28.1 Å². The largest absolute Gasteiger partial charge is 0.488 e. The summed E-state index contributed by atoms with van der Waals surface area (Å²) in [5, 5.41) is 6.99. The molecule has 25 heavy (non-hydrogen) atoms. The lowest BCUT2D eigenvalue weighted by Crippen LogP contribution is -2.17. The molecule has 0 fully saturated rings. The molecule has 0 aliphatic carbocycles. The van der Waals surface area contributed by atoms with Crippen molar-refractivity contribution in [2.24, 2.45) is 0 Å². The van der Waals surface area contributed by atoms with Crippen molar-refractivity contribution in [2.75, 3.05) is 5.43 Å². The molecule has 0 bridgehead atoms. The molecule has 130 valence electrons. The van der Waals surface area contributed by atoms with Crippen LogP contribution in [-0.2, 0) is 19.6 Å². The Morgan fingerprint density at radius 2 is 2.00 bits per heavy atom. The van der Waals surface area contributed by atoms with Gasteiger partial charge in [-0.2, -0.15) is 5.10 Å². The third kappa shape index (κ3) is 4.49. The third-order valence-electron chi connectivity index (χ3n) is 3.73. The standard InChI is InChI=1S/C18H19BrN4OS/c1-2-17-21-22-18(25)23(17)20-11-14-8-9-16(15(19)10-14)24-12-13-6-4-3-5-7-13/h3-10,20H,2,11-12H2,1H3,(H,22,25). The molecule has 5 nitrogen and oxygen atoms in total. The first kappa shape index (κ1) is 17.7. The summed E-state index contributed by atoms with van der Waals surface area (Å²) in [5.74, 6) is 1.70. The lowest BCUT2D eigenvalue weighted by molar-refractivity contribution is 0.304. The molecule has 0 aliphatic heterocycles. The topological polar surface area (TPSA) is 54.9 Å². The molecule has 0 aliphatic rings.